The molecule has 0 atom stereocenters. The molecule has 9 nitrogen and oxygen atoms in total. The molecule has 0 saturated heterocycles. The van der Waals surface area contributed by atoms with E-state index in [9.17, 15) is 25.3 Å². The van der Waals surface area contributed by atoms with E-state index in [1.807, 2.05) is 118 Å². The molecule has 592 valence electrons. The standard InChI is InChI=1S/C41H36N2O2S.C23H24.C19H14BrNO2S.C13H9Br.C7H7ClO2S/c1-26-14-17-32(18-15-26)46(44,45)43-37-11-5-2-8-33(37)34-25-31(16-19-38(34)43)42-39-12-6-3-9-35(39)41(36-10-4-7-13-40(36)42)29-21-27-20-28(23-29)24-30(41)22-27;1-3-7-21-17(5-1)14-18-6-2-4-8-22(18)23(21)19-10-15-9-16(12-19)13-20(23)11-15;1-13-6-9-15(10-7-13)24(22,23)21-18-5-3-2-4-16(18)17-12-14(20)8-11-19(17)21;14-11-6-5-10-7-9-3-1-2-4-12(9)13(10)8-11;1-6-2-4-7(5-3-6)11(8,9)10/h2-19,25,27-30H,20-24H2,1H3;1-8,15-16,19-20H,9-14H2;2-12H,1H3;1-6,8H,7H2;2-5H,1H3. The van der Waals surface area contributed by atoms with Crippen LogP contribution in [0.15, 0.2) is 321 Å². The molecule has 8 bridgehead atoms. The normalized spacial score (nSPS) is 21.2. The van der Waals surface area contributed by atoms with Crippen molar-refractivity contribution in [1.29, 1.82) is 0 Å². The molecule has 0 N–H and O–H groups in total. The Hall–Kier alpha value is -9.64. The number of anilines is 3. The lowest BCUT2D eigenvalue weighted by Crippen LogP contribution is -2.57. The molecule has 15 heteroatoms. The Labute approximate surface area is 713 Å². The second kappa shape index (κ2) is 30.0. The summed E-state index contributed by atoms with van der Waals surface area (Å²) in [5.41, 5.74) is 25.1. The van der Waals surface area contributed by atoms with E-state index in [1.165, 1.54) is 129 Å². The molecule has 10 aliphatic carbocycles. The Balaban J connectivity index is 0.000000105. The molecular weight excluding hydrogens is 1670 g/mol. The first-order chi connectivity index (χ1) is 57.1. The van der Waals surface area contributed by atoms with E-state index < -0.39 is 29.1 Å². The van der Waals surface area contributed by atoms with Crippen LogP contribution in [0.25, 0.3) is 54.7 Å². The van der Waals surface area contributed by atoms with Crippen molar-refractivity contribution in [1.82, 2.24) is 7.94 Å². The molecule has 15 aromatic rings. The van der Waals surface area contributed by atoms with Crippen molar-refractivity contribution in [2.24, 2.45) is 47.3 Å². The van der Waals surface area contributed by atoms with Crippen LogP contribution in [-0.2, 0) is 52.8 Å². The predicted octanol–water partition coefficient (Wildman–Crippen LogP) is 26.2. The number of hydrogen-bond acceptors (Lipinski definition) is 7. The average Bonchev–Trinajstić information content (AvgIpc) is 1.02. The molecular formula is C103H90Br2ClN3O6S3. The highest BCUT2D eigenvalue weighted by Crippen LogP contribution is 2.71. The summed E-state index contributed by atoms with van der Waals surface area (Å²) in [6.07, 6.45) is 16.5. The average molecular weight is 1760 g/mol. The lowest BCUT2D eigenvalue weighted by molar-refractivity contribution is -0.0433. The fraction of sp³-hybridized carbons (Fsp3) is 0.243. The Morgan fingerprint density at radius 3 is 1.14 bits per heavy atom. The van der Waals surface area contributed by atoms with Crippen LogP contribution in [0.2, 0.25) is 0 Å². The largest absolute Gasteiger partial charge is 0.310 e. The van der Waals surface area contributed by atoms with Crippen molar-refractivity contribution in [3.05, 3.63) is 367 Å². The lowest BCUT2D eigenvalue weighted by Gasteiger charge is -2.64. The van der Waals surface area contributed by atoms with E-state index in [0.717, 1.165) is 101 Å². The molecule has 8 saturated carbocycles. The maximum absolute atomic E-state index is 14.2. The zero-order valence-electron chi connectivity index (χ0n) is 66.0. The van der Waals surface area contributed by atoms with Gasteiger partial charge in [-0.15, -0.1) is 0 Å². The molecule has 0 amide bonds. The summed E-state index contributed by atoms with van der Waals surface area (Å²) in [7, 11) is -5.97. The highest BCUT2D eigenvalue weighted by atomic mass is 79.9. The molecule has 1 aliphatic heterocycles. The van der Waals surface area contributed by atoms with Crippen molar-refractivity contribution < 1.29 is 25.3 Å². The van der Waals surface area contributed by atoms with E-state index in [4.69, 9.17) is 10.7 Å². The van der Waals surface area contributed by atoms with Crippen LogP contribution in [0.1, 0.15) is 125 Å². The molecule has 13 aromatic carbocycles. The maximum atomic E-state index is 14.2. The minimum Gasteiger partial charge on any atom is -0.310 e. The highest BCUT2D eigenvalue weighted by molar-refractivity contribution is 9.10. The van der Waals surface area contributed by atoms with Crippen molar-refractivity contribution in [3.8, 4) is 11.1 Å². The zero-order chi connectivity index (χ0) is 80.7. The number of halogens is 3. The summed E-state index contributed by atoms with van der Waals surface area (Å²) < 4.78 is 81.4. The van der Waals surface area contributed by atoms with Gasteiger partial charge in [0.15, 0.2) is 0 Å². The zero-order valence-corrected chi connectivity index (χ0v) is 72.4. The van der Waals surface area contributed by atoms with E-state index in [-0.39, 0.29) is 10.3 Å². The Bertz CT molecular complexity index is 6720. The first-order valence-corrected chi connectivity index (χ1v) is 48.3. The molecule has 11 aliphatic rings. The Morgan fingerprint density at radius 2 is 0.661 bits per heavy atom. The smallest absolute Gasteiger partial charge is 0.268 e. The Morgan fingerprint density at radius 1 is 0.314 bits per heavy atom. The number of aryl methyl sites for hydroxylation is 3. The quantitative estimate of drug-likeness (QED) is 0.152. The fourth-order valence-corrected chi connectivity index (χ4v) is 28.2. The summed E-state index contributed by atoms with van der Waals surface area (Å²) in [6, 6.07) is 100. The molecule has 2 aromatic heterocycles. The first-order valence-electron chi connectivity index (χ1n) is 41.5. The van der Waals surface area contributed by atoms with E-state index in [2.05, 4.69) is 188 Å². The number of aromatic nitrogens is 2. The molecule has 0 unspecified atom stereocenters. The van der Waals surface area contributed by atoms with Crippen molar-refractivity contribution in [2.75, 3.05) is 4.90 Å². The molecule has 3 heterocycles. The SMILES string of the molecule is Brc1ccc2c(c1)-c1ccccc1C2.Cc1ccc(S(=O)(=O)Cl)cc1.Cc1ccc(S(=O)(=O)n2c3ccccc3c3cc(Br)ccc32)cc1.Cc1ccc(S(=O)(=O)n2c3ccccc3c3cc(N4c5ccccc5C5(c6ccccc64)C4CC6CC(C4)CC5C6)ccc32)cc1.c1ccc2c(c1)Cc1ccccc1C21C2CC3CC(C2)CC1C3. The van der Waals surface area contributed by atoms with Gasteiger partial charge in [0, 0.05) is 57.7 Å². The van der Waals surface area contributed by atoms with Gasteiger partial charge in [0.25, 0.3) is 29.1 Å². The first kappa shape index (κ1) is 77.0. The van der Waals surface area contributed by atoms with Crippen LogP contribution < -0.4 is 4.90 Å². The van der Waals surface area contributed by atoms with Gasteiger partial charge >= 0.3 is 0 Å². The van der Waals surface area contributed by atoms with E-state index in [0.29, 0.717) is 49.1 Å². The minimum atomic E-state index is -3.83. The van der Waals surface area contributed by atoms with Gasteiger partial charge in [-0.25, -0.2) is 33.2 Å². The number of para-hydroxylation sites is 4. The van der Waals surface area contributed by atoms with Gasteiger partial charge in [-0.05, 0) is 310 Å². The highest BCUT2D eigenvalue weighted by Gasteiger charge is 2.63. The van der Waals surface area contributed by atoms with Gasteiger partial charge in [0.2, 0.25) is 0 Å². The van der Waals surface area contributed by atoms with Crippen LogP contribution in [0.5, 0.6) is 0 Å². The summed E-state index contributed by atoms with van der Waals surface area (Å²) in [5.74, 6) is 6.99. The van der Waals surface area contributed by atoms with Crippen LogP contribution in [-0.4, -0.2) is 33.2 Å². The number of hydrogen-bond donors (Lipinski definition) is 0. The van der Waals surface area contributed by atoms with Crippen LogP contribution in [0.3, 0.4) is 0 Å². The maximum Gasteiger partial charge on any atom is 0.268 e. The molecule has 2 spiro atoms. The topological polar surface area (TPSA) is 116 Å². The monoisotopic (exact) mass is 1750 g/mol. The van der Waals surface area contributed by atoms with Gasteiger partial charge in [0.05, 0.1) is 48.1 Å². The second-order valence-electron chi connectivity index (χ2n) is 34.7. The van der Waals surface area contributed by atoms with Gasteiger partial charge in [-0.3, -0.25) is 0 Å². The van der Waals surface area contributed by atoms with Crippen LogP contribution >= 0.6 is 42.5 Å². The molecule has 0 radical (unpaired) electrons. The van der Waals surface area contributed by atoms with Crippen molar-refractivity contribution in [3.63, 3.8) is 0 Å². The summed E-state index contributed by atoms with van der Waals surface area (Å²) in [4.78, 5) is 3.18. The minimum absolute atomic E-state index is 0.0549. The number of rotatable bonds is 6. The van der Waals surface area contributed by atoms with Crippen LogP contribution in [0, 0.1) is 68.1 Å². The number of nitrogens with zero attached hydrogens (tertiary/aromatic N) is 3. The third-order valence-electron chi connectivity index (χ3n) is 28.0. The van der Waals surface area contributed by atoms with E-state index >= 15 is 0 Å². The third-order valence-corrected chi connectivity index (χ3v) is 33.8. The fourth-order valence-electron chi connectivity index (χ4n) is 23.6. The Kier molecular flexibility index (Phi) is 19.5. The van der Waals surface area contributed by atoms with Crippen molar-refractivity contribution >= 4 is 132 Å². The number of fused-ring (bicyclic) bond motifs is 13. The molecule has 118 heavy (non-hydrogen) atoms. The third kappa shape index (κ3) is 12.9. The molecule has 8 fully saturated rings. The lowest BCUT2D eigenvalue weighted by atomic mass is 9.40. The predicted molar refractivity (Wildman–Crippen MR) is 487 cm³/mol. The van der Waals surface area contributed by atoms with Gasteiger partial charge in [0.1, 0.15) is 0 Å². The van der Waals surface area contributed by atoms with Crippen LogP contribution in [0.4, 0.5) is 17.1 Å². The van der Waals surface area contributed by atoms with Gasteiger partial charge in [-0.2, -0.15) is 0 Å². The van der Waals surface area contributed by atoms with Gasteiger partial charge in [-0.1, -0.05) is 237 Å². The van der Waals surface area contributed by atoms with Gasteiger partial charge < -0.3 is 4.90 Å². The summed E-state index contributed by atoms with van der Waals surface area (Å²) in [5, 5.41) is 3.71. The van der Waals surface area contributed by atoms with E-state index in [1.54, 1.807) is 58.7 Å². The second-order valence-corrected chi connectivity index (χ2v) is 42.6. The molecule has 26 rings (SSSR count). The number of benzene rings is 13. The summed E-state index contributed by atoms with van der Waals surface area (Å²) in [6.45, 7) is 5.79. The summed E-state index contributed by atoms with van der Waals surface area (Å²) >= 11 is 6.99. The van der Waals surface area contributed by atoms with Crippen molar-refractivity contribution in [2.45, 2.75) is 123 Å².